The predicted octanol–water partition coefficient (Wildman–Crippen LogP) is 4.11. The van der Waals surface area contributed by atoms with Gasteiger partial charge >= 0.3 is 0 Å². The molecule has 0 saturated heterocycles. The molecule has 0 saturated carbocycles. The highest BCUT2D eigenvalue weighted by atomic mass is 35.5. The SMILES string of the molecule is Cc1ccc(C(=S)NCc2ccc(Cl)cc2)cc1. The Kier molecular flexibility index (Phi) is 4.34. The van der Waals surface area contributed by atoms with E-state index in [1.165, 1.54) is 5.56 Å². The van der Waals surface area contributed by atoms with E-state index in [1.54, 1.807) is 0 Å². The van der Waals surface area contributed by atoms with Crippen LogP contribution in [0, 0.1) is 6.92 Å². The first-order chi connectivity index (χ1) is 8.65. The van der Waals surface area contributed by atoms with Crippen LogP contribution in [0.5, 0.6) is 0 Å². The minimum absolute atomic E-state index is 0.712. The van der Waals surface area contributed by atoms with Gasteiger partial charge in [0, 0.05) is 17.1 Å². The zero-order chi connectivity index (χ0) is 13.0. The quantitative estimate of drug-likeness (QED) is 0.846. The zero-order valence-electron chi connectivity index (χ0n) is 10.1. The summed E-state index contributed by atoms with van der Waals surface area (Å²) in [6.07, 6.45) is 0. The molecule has 0 amide bonds. The topological polar surface area (TPSA) is 12.0 Å². The number of aryl methyl sites for hydroxylation is 1. The zero-order valence-corrected chi connectivity index (χ0v) is 11.7. The van der Waals surface area contributed by atoms with Gasteiger partial charge in [0.15, 0.2) is 0 Å². The average molecular weight is 276 g/mol. The number of benzene rings is 2. The summed E-state index contributed by atoms with van der Waals surface area (Å²) in [5, 5.41) is 3.99. The molecule has 0 fully saturated rings. The van der Waals surface area contributed by atoms with Gasteiger partial charge in [-0.2, -0.15) is 0 Å². The van der Waals surface area contributed by atoms with Crippen LogP contribution in [0.1, 0.15) is 16.7 Å². The molecule has 0 radical (unpaired) electrons. The molecule has 2 aromatic carbocycles. The van der Waals surface area contributed by atoms with Crippen molar-refractivity contribution in [1.29, 1.82) is 0 Å². The Morgan fingerprint density at radius 1 is 1.06 bits per heavy atom. The van der Waals surface area contributed by atoms with E-state index in [0.717, 1.165) is 21.1 Å². The molecular formula is C15H14ClNS. The van der Waals surface area contributed by atoms with Gasteiger partial charge in [-0.1, -0.05) is 65.8 Å². The lowest BCUT2D eigenvalue weighted by molar-refractivity contribution is 0.929. The average Bonchev–Trinajstić information content (AvgIpc) is 2.38. The molecule has 0 unspecified atom stereocenters. The van der Waals surface area contributed by atoms with Crippen LogP contribution in [0.15, 0.2) is 48.5 Å². The molecule has 0 aliphatic rings. The van der Waals surface area contributed by atoms with Gasteiger partial charge in [0.2, 0.25) is 0 Å². The van der Waals surface area contributed by atoms with Crippen LogP contribution in [0.25, 0.3) is 0 Å². The van der Waals surface area contributed by atoms with E-state index in [-0.39, 0.29) is 0 Å². The summed E-state index contributed by atoms with van der Waals surface area (Å²) >= 11 is 11.2. The van der Waals surface area contributed by atoms with Gasteiger partial charge in [0.05, 0.1) is 0 Å². The summed E-state index contributed by atoms with van der Waals surface area (Å²) in [6.45, 7) is 2.78. The van der Waals surface area contributed by atoms with E-state index in [0.29, 0.717) is 6.54 Å². The van der Waals surface area contributed by atoms with Crippen molar-refractivity contribution in [2.75, 3.05) is 0 Å². The van der Waals surface area contributed by atoms with Gasteiger partial charge < -0.3 is 5.32 Å². The van der Waals surface area contributed by atoms with Crippen LogP contribution in [0.2, 0.25) is 5.02 Å². The summed E-state index contributed by atoms with van der Waals surface area (Å²) in [5.41, 5.74) is 3.44. The first-order valence-corrected chi connectivity index (χ1v) is 6.53. The molecule has 3 heteroatoms. The fourth-order valence-corrected chi connectivity index (χ4v) is 1.93. The van der Waals surface area contributed by atoms with E-state index in [9.17, 15) is 0 Å². The number of hydrogen-bond acceptors (Lipinski definition) is 1. The van der Waals surface area contributed by atoms with Crippen molar-refractivity contribution < 1.29 is 0 Å². The first-order valence-electron chi connectivity index (χ1n) is 5.74. The van der Waals surface area contributed by atoms with E-state index in [2.05, 4.69) is 24.4 Å². The lowest BCUT2D eigenvalue weighted by Gasteiger charge is -2.08. The molecular weight excluding hydrogens is 262 g/mol. The van der Waals surface area contributed by atoms with E-state index < -0.39 is 0 Å². The summed E-state index contributed by atoms with van der Waals surface area (Å²) < 4.78 is 0. The van der Waals surface area contributed by atoms with Crippen LogP contribution in [0.3, 0.4) is 0 Å². The number of nitrogens with one attached hydrogen (secondary N) is 1. The van der Waals surface area contributed by atoms with Crippen molar-refractivity contribution >= 4 is 28.8 Å². The molecule has 0 aliphatic carbocycles. The van der Waals surface area contributed by atoms with Crippen LogP contribution < -0.4 is 5.32 Å². The Balaban J connectivity index is 1.96. The van der Waals surface area contributed by atoms with Crippen LogP contribution in [-0.2, 0) is 6.54 Å². The second kappa shape index (κ2) is 5.98. The second-order valence-corrected chi connectivity index (χ2v) is 5.02. The van der Waals surface area contributed by atoms with Crippen LogP contribution >= 0.6 is 23.8 Å². The number of rotatable bonds is 3. The van der Waals surface area contributed by atoms with Crippen molar-refractivity contribution in [3.8, 4) is 0 Å². The third-order valence-corrected chi connectivity index (χ3v) is 3.31. The summed E-state index contributed by atoms with van der Waals surface area (Å²) in [6, 6.07) is 15.9. The van der Waals surface area contributed by atoms with Gasteiger partial charge in [-0.15, -0.1) is 0 Å². The third-order valence-electron chi connectivity index (χ3n) is 2.68. The van der Waals surface area contributed by atoms with Crippen LogP contribution in [-0.4, -0.2) is 4.99 Å². The highest BCUT2D eigenvalue weighted by Crippen LogP contribution is 2.10. The molecule has 1 nitrogen and oxygen atoms in total. The molecule has 0 heterocycles. The summed E-state index contributed by atoms with van der Waals surface area (Å²) in [4.78, 5) is 0.768. The molecule has 2 rings (SSSR count). The number of thiocarbonyl (C=S) groups is 1. The molecule has 2 aromatic rings. The maximum absolute atomic E-state index is 5.84. The van der Waals surface area contributed by atoms with Crippen molar-refractivity contribution in [3.63, 3.8) is 0 Å². The fourth-order valence-electron chi connectivity index (χ4n) is 1.59. The number of halogens is 1. The van der Waals surface area contributed by atoms with Crippen molar-refractivity contribution in [2.24, 2.45) is 0 Å². The van der Waals surface area contributed by atoms with Crippen molar-refractivity contribution in [2.45, 2.75) is 13.5 Å². The van der Waals surface area contributed by atoms with Crippen molar-refractivity contribution in [3.05, 3.63) is 70.2 Å². The minimum atomic E-state index is 0.712. The van der Waals surface area contributed by atoms with E-state index in [4.69, 9.17) is 23.8 Å². The highest BCUT2D eigenvalue weighted by molar-refractivity contribution is 7.80. The smallest absolute Gasteiger partial charge is 0.106 e. The predicted molar refractivity (Wildman–Crippen MR) is 81.2 cm³/mol. The monoisotopic (exact) mass is 275 g/mol. The van der Waals surface area contributed by atoms with E-state index in [1.807, 2.05) is 36.4 Å². The normalized spacial score (nSPS) is 10.1. The maximum Gasteiger partial charge on any atom is 0.106 e. The van der Waals surface area contributed by atoms with Gasteiger partial charge in [-0.25, -0.2) is 0 Å². The van der Waals surface area contributed by atoms with Gasteiger partial charge in [0.1, 0.15) is 4.99 Å². The second-order valence-electron chi connectivity index (χ2n) is 4.18. The standard InChI is InChI=1S/C15H14ClNS/c1-11-2-6-13(7-3-11)15(18)17-10-12-4-8-14(16)9-5-12/h2-9H,10H2,1H3,(H,17,18). The maximum atomic E-state index is 5.84. The van der Waals surface area contributed by atoms with Gasteiger partial charge in [-0.05, 0) is 24.6 Å². The fraction of sp³-hybridized carbons (Fsp3) is 0.133. The van der Waals surface area contributed by atoms with Gasteiger partial charge in [0.25, 0.3) is 0 Å². The third kappa shape index (κ3) is 3.56. The number of hydrogen-bond donors (Lipinski definition) is 1. The Labute approximate surface area is 118 Å². The first kappa shape index (κ1) is 13.1. The minimum Gasteiger partial charge on any atom is -0.372 e. The van der Waals surface area contributed by atoms with Crippen molar-refractivity contribution in [1.82, 2.24) is 5.32 Å². The molecule has 0 aliphatic heterocycles. The Bertz CT molecular complexity index is 531. The largest absolute Gasteiger partial charge is 0.372 e. The molecule has 92 valence electrons. The molecule has 1 N–H and O–H groups in total. The summed E-state index contributed by atoms with van der Waals surface area (Å²) in [5.74, 6) is 0. The molecule has 18 heavy (non-hydrogen) atoms. The highest BCUT2D eigenvalue weighted by Gasteiger charge is 2.00. The lowest BCUT2D eigenvalue weighted by atomic mass is 10.1. The van der Waals surface area contributed by atoms with Crippen LogP contribution in [0.4, 0.5) is 0 Å². The lowest BCUT2D eigenvalue weighted by Crippen LogP contribution is -2.21. The molecule has 0 spiro atoms. The Hall–Kier alpha value is -1.38. The van der Waals surface area contributed by atoms with Gasteiger partial charge in [-0.3, -0.25) is 0 Å². The Morgan fingerprint density at radius 2 is 1.67 bits per heavy atom. The Morgan fingerprint density at radius 3 is 2.28 bits per heavy atom. The molecule has 0 atom stereocenters. The van der Waals surface area contributed by atoms with E-state index >= 15 is 0 Å². The summed E-state index contributed by atoms with van der Waals surface area (Å²) in [7, 11) is 0. The molecule has 0 bridgehead atoms. The molecule has 0 aromatic heterocycles.